The number of fused-ring (bicyclic) bond motifs is 1. The first kappa shape index (κ1) is 13.2. The Morgan fingerprint density at radius 2 is 1.84 bits per heavy atom. The number of anilines is 2. The normalized spacial score (nSPS) is 10.3. The van der Waals surface area contributed by atoms with E-state index < -0.39 is 0 Å². The third-order valence-electron chi connectivity index (χ3n) is 3.08. The van der Waals surface area contributed by atoms with E-state index in [-0.39, 0.29) is 0 Å². The fourth-order valence-electron chi connectivity index (χ4n) is 2.07. The molecule has 19 heavy (non-hydrogen) atoms. The summed E-state index contributed by atoms with van der Waals surface area (Å²) in [7, 11) is 8.06. The highest BCUT2D eigenvalue weighted by Crippen LogP contribution is 2.29. The summed E-state index contributed by atoms with van der Waals surface area (Å²) in [6.07, 6.45) is 0.339. The molecule has 0 amide bonds. The molecule has 0 aliphatic rings. The predicted molar refractivity (Wildman–Crippen MR) is 79.7 cm³/mol. The van der Waals surface area contributed by atoms with Gasteiger partial charge in [0.1, 0.15) is 0 Å². The van der Waals surface area contributed by atoms with Crippen molar-refractivity contribution in [3.05, 3.63) is 30.0 Å². The summed E-state index contributed by atoms with van der Waals surface area (Å²) >= 11 is 0. The van der Waals surface area contributed by atoms with Crippen LogP contribution in [0.2, 0.25) is 0 Å². The molecule has 0 aliphatic carbocycles. The molecule has 1 heterocycles. The molecule has 1 aromatic carbocycles. The number of hydrogen-bond donors (Lipinski definition) is 0. The maximum absolute atomic E-state index is 8.83. The van der Waals surface area contributed by atoms with Gasteiger partial charge in [-0.25, -0.2) is 0 Å². The van der Waals surface area contributed by atoms with Crippen LogP contribution in [0.3, 0.4) is 0 Å². The quantitative estimate of drug-likeness (QED) is 0.843. The van der Waals surface area contributed by atoms with Crippen LogP contribution in [0.5, 0.6) is 0 Å². The lowest BCUT2D eigenvalue weighted by Gasteiger charge is -2.19. The van der Waals surface area contributed by atoms with E-state index in [4.69, 9.17) is 5.26 Å². The van der Waals surface area contributed by atoms with E-state index in [0.717, 1.165) is 28.0 Å². The second kappa shape index (κ2) is 5.15. The Morgan fingerprint density at radius 3 is 2.42 bits per heavy atom. The Kier molecular flexibility index (Phi) is 3.57. The van der Waals surface area contributed by atoms with Gasteiger partial charge >= 0.3 is 0 Å². The number of aromatic nitrogens is 1. The van der Waals surface area contributed by atoms with Crippen molar-refractivity contribution < 1.29 is 0 Å². The summed E-state index contributed by atoms with van der Waals surface area (Å²) in [5, 5.41) is 9.94. The molecule has 0 fully saturated rings. The lowest BCUT2D eigenvalue weighted by Crippen LogP contribution is -2.12. The maximum atomic E-state index is 8.83. The zero-order valence-electron chi connectivity index (χ0n) is 11.8. The Balaban J connectivity index is 2.69. The van der Waals surface area contributed by atoms with E-state index in [1.165, 1.54) is 0 Å². The van der Waals surface area contributed by atoms with Gasteiger partial charge < -0.3 is 9.80 Å². The average Bonchev–Trinajstić information content (AvgIpc) is 2.37. The summed E-state index contributed by atoms with van der Waals surface area (Å²) < 4.78 is 0. The van der Waals surface area contributed by atoms with E-state index in [9.17, 15) is 0 Å². The van der Waals surface area contributed by atoms with Crippen LogP contribution in [0, 0.1) is 11.3 Å². The van der Waals surface area contributed by atoms with Crippen molar-refractivity contribution in [3.63, 3.8) is 0 Å². The molecule has 4 heteroatoms. The molecule has 0 aliphatic heterocycles. The van der Waals surface area contributed by atoms with Gasteiger partial charge in [0.15, 0.2) is 0 Å². The topological polar surface area (TPSA) is 43.2 Å². The van der Waals surface area contributed by atoms with Crippen molar-refractivity contribution in [2.75, 3.05) is 38.0 Å². The Bertz CT molecular complexity index is 638. The van der Waals surface area contributed by atoms with Crippen LogP contribution in [-0.2, 0) is 6.42 Å². The summed E-state index contributed by atoms with van der Waals surface area (Å²) in [4.78, 5) is 8.67. The van der Waals surface area contributed by atoms with Crippen LogP contribution >= 0.6 is 0 Å². The minimum atomic E-state index is 0.339. The van der Waals surface area contributed by atoms with Crippen molar-refractivity contribution in [1.29, 1.82) is 5.26 Å². The van der Waals surface area contributed by atoms with Crippen molar-refractivity contribution in [2.24, 2.45) is 0 Å². The van der Waals surface area contributed by atoms with Gasteiger partial charge in [-0.3, -0.25) is 4.98 Å². The van der Waals surface area contributed by atoms with Gasteiger partial charge in [0.05, 0.1) is 23.7 Å². The van der Waals surface area contributed by atoms with Gasteiger partial charge in [-0.05, 0) is 24.3 Å². The smallest absolute Gasteiger partial charge is 0.0775 e. The molecular weight excluding hydrogens is 236 g/mol. The molecule has 4 nitrogen and oxygen atoms in total. The number of hydrogen-bond acceptors (Lipinski definition) is 4. The monoisotopic (exact) mass is 254 g/mol. The molecule has 0 N–H and O–H groups in total. The molecule has 1 aromatic heterocycles. The van der Waals surface area contributed by atoms with Gasteiger partial charge in [0, 0.05) is 45.0 Å². The number of pyridine rings is 1. The number of rotatable bonds is 3. The van der Waals surface area contributed by atoms with E-state index >= 15 is 0 Å². The van der Waals surface area contributed by atoms with E-state index in [0.29, 0.717) is 6.42 Å². The Labute approximate surface area is 113 Å². The summed E-state index contributed by atoms with van der Waals surface area (Å²) in [5.41, 5.74) is 3.99. The molecule has 2 rings (SSSR count). The molecule has 0 bridgehead atoms. The van der Waals surface area contributed by atoms with Gasteiger partial charge in [0.25, 0.3) is 0 Å². The zero-order valence-corrected chi connectivity index (χ0v) is 11.8. The van der Waals surface area contributed by atoms with Gasteiger partial charge in [0.2, 0.25) is 0 Å². The predicted octanol–water partition coefficient (Wildman–Crippen LogP) is 2.43. The van der Waals surface area contributed by atoms with Crippen LogP contribution in [0.15, 0.2) is 24.3 Å². The summed E-state index contributed by atoms with van der Waals surface area (Å²) in [5.74, 6) is 0. The molecule has 0 unspecified atom stereocenters. The van der Waals surface area contributed by atoms with E-state index in [2.05, 4.69) is 26.9 Å². The molecule has 0 radical (unpaired) electrons. The SMILES string of the molecule is CN(C)c1ccc2nc(CC#N)cc(N(C)C)c2c1. The molecule has 98 valence electrons. The molecule has 0 atom stereocenters. The Hall–Kier alpha value is -2.28. The Morgan fingerprint density at radius 1 is 1.11 bits per heavy atom. The highest BCUT2D eigenvalue weighted by Gasteiger charge is 2.09. The third-order valence-corrected chi connectivity index (χ3v) is 3.08. The van der Waals surface area contributed by atoms with Crippen molar-refractivity contribution in [3.8, 4) is 6.07 Å². The van der Waals surface area contributed by atoms with E-state index in [1.807, 2.05) is 46.4 Å². The standard InChI is InChI=1S/C15H18N4/c1-18(2)12-5-6-14-13(10-12)15(19(3)4)9-11(17-14)7-8-16/h5-6,9-10H,7H2,1-4H3. The maximum Gasteiger partial charge on any atom is 0.0775 e. The number of nitriles is 1. The molecule has 0 spiro atoms. The van der Waals surface area contributed by atoms with Crippen molar-refractivity contribution >= 4 is 22.3 Å². The van der Waals surface area contributed by atoms with Crippen LogP contribution in [0.25, 0.3) is 10.9 Å². The van der Waals surface area contributed by atoms with Crippen LogP contribution in [-0.4, -0.2) is 33.2 Å². The molecule has 0 saturated heterocycles. The van der Waals surface area contributed by atoms with E-state index in [1.54, 1.807) is 0 Å². The van der Waals surface area contributed by atoms with Crippen LogP contribution < -0.4 is 9.80 Å². The van der Waals surface area contributed by atoms with Crippen LogP contribution in [0.4, 0.5) is 11.4 Å². The number of benzene rings is 1. The van der Waals surface area contributed by atoms with Gasteiger partial charge in [-0.2, -0.15) is 5.26 Å². The highest BCUT2D eigenvalue weighted by molar-refractivity contribution is 5.94. The van der Waals surface area contributed by atoms with Gasteiger partial charge in [-0.1, -0.05) is 0 Å². The first-order valence-electron chi connectivity index (χ1n) is 6.18. The molecular formula is C15H18N4. The first-order chi connectivity index (χ1) is 9.02. The van der Waals surface area contributed by atoms with Crippen LogP contribution in [0.1, 0.15) is 5.69 Å². The lowest BCUT2D eigenvalue weighted by molar-refractivity contribution is 1.09. The molecule has 2 aromatic rings. The van der Waals surface area contributed by atoms with Crippen molar-refractivity contribution in [2.45, 2.75) is 6.42 Å². The fraction of sp³-hybridized carbons (Fsp3) is 0.333. The second-order valence-electron chi connectivity index (χ2n) is 4.96. The highest BCUT2D eigenvalue weighted by atomic mass is 15.1. The summed E-state index contributed by atoms with van der Waals surface area (Å²) in [6, 6.07) is 10.3. The largest absolute Gasteiger partial charge is 0.378 e. The van der Waals surface area contributed by atoms with Crippen molar-refractivity contribution in [1.82, 2.24) is 4.98 Å². The summed E-state index contributed by atoms with van der Waals surface area (Å²) in [6.45, 7) is 0. The minimum absolute atomic E-state index is 0.339. The minimum Gasteiger partial charge on any atom is -0.378 e. The lowest BCUT2D eigenvalue weighted by atomic mass is 10.1. The third kappa shape index (κ3) is 2.60. The van der Waals surface area contributed by atoms with Gasteiger partial charge in [-0.15, -0.1) is 0 Å². The first-order valence-corrected chi connectivity index (χ1v) is 6.18. The second-order valence-corrected chi connectivity index (χ2v) is 4.96. The fourth-order valence-corrected chi connectivity index (χ4v) is 2.07. The zero-order chi connectivity index (χ0) is 14.0. The number of nitrogens with zero attached hydrogens (tertiary/aromatic N) is 4. The molecule has 0 saturated carbocycles. The average molecular weight is 254 g/mol.